The van der Waals surface area contributed by atoms with E-state index in [-0.39, 0.29) is 17.8 Å². The number of nitrogens with zero attached hydrogens (tertiary/aromatic N) is 2. The van der Waals surface area contributed by atoms with Crippen molar-refractivity contribution in [1.29, 1.82) is 0 Å². The summed E-state index contributed by atoms with van der Waals surface area (Å²) >= 11 is 2.99. The van der Waals surface area contributed by atoms with Crippen molar-refractivity contribution in [2.75, 3.05) is 0 Å². The van der Waals surface area contributed by atoms with Gasteiger partial charge in [-0.15, -0.1) is 22.7 Å². The van der Waals surface area contributed by atoms with Gasteiger partial charge in [0.25, 0.3) is 5.91 Å². The fourth-order valence-corrected chi connectivity index (χ4v) is 4.72. The van der Waals surface area contributed by atoms with Gasteiger partial charge in [-0.1, -0.05) is 12.1 Å². The smallest absolute Gasteiger partial charge is 0.263 e. The molecule has 4 nitrogen and oxygen atoms in total. The molecule has 0 fully saturated rings. The molecule has 0 aliphatic heterocycles. The van der Waals surface area contributed by atoms with Gasteiger partial charge >= 0.3 is 0 Å². The Morgan fingerprint density at radius 3 is 2.42 bits per heavy atom. The van der Waals surface area contributed by atoms with Gasteiger partial charge in [-0.05, 0) is 45.4 Å². The van der Waals surface area contributed by atoms with Crippen LogP contribution in [0.25, 0.3) is 0 Å². The Morgan fingerprint density at radius 2 is 1.81 bits per heavy atom. The van der Waals surface area contributed by atoms with Gasteiger partial charge < -0.3 is 5.32 Å². The fraction of sp³-hybridized carbons (Fsp3) is 0.316. The van der Waals surface area contributed by atoms with E-state index < -0.39 is 0 Å². The van der Waals surface area contributed by atoms with Crippen LogP contribution in [0.15, 0.2) is 24.3 Å². The van der Waals surface area contributed by atoms with E-state index in [2.05, 4.69) is 15.3 Å². The summed E-state index contributed by atoms with van der Waals surface area (Å²) in [5.41, 5.74) is 2.64. The van der Waals surface area contributed by atoms with E-state index in [1.54, 1.807) is 23.5 Å². The summed E-state index contributed by atoms with van der Waals surface area (Å²) < 4.78 is 13.0. The van der Waals surface area contributed by atoms with Crippen molar-refractivity contribution in [2.45, 2.75) is 40.2 Å². The van der Waals surface area contributed by atoms with Gasteiger partial charge in [-0.2, -0.15) is 0 Å². The minimum absolute atomic E-state index is 0.101. The van der Waals surface area contributed by atoms with Crippen molar-refractivity contribution in [1.82, 2.24) is 15.3 Å². The average Bonchev–Trinajstić information content (AvgIpc) is 3.11. The number of nitrogens with one attached hydrogen (secondary N) is 1. The monoisotopic (exact) mass is 389 g/mol. The van der Waals surface area contributed by atoms with Crippen molar-refractivity contribution in [3.8, 4) is 0 Å². The second-order valence-electron chi connectivity index (χ2n) is 6.20. The van der Waals surface area contributed by atoms with Crippen LogP contribution in [0.5, 0.6) is 0 Å². The number of amides is 1. The maximum atomic E-state index is 13.0. The Bertz CT molecular complexity index is 931. The molecule has 0 spiro atoms. The zero-order valence-corrected chi connectivity index (χ0v) is 16.7. The second kappa shape index (κ2) is 7.63. The Hall–Kier alpha value is -2.12. The molecule has 0 radical (unpaired) electrons. The molecule has 0 aliphatic carbocycles. The van der Waals surface area contributed by atoms with Gasteiger partial charge in [0, 0.05) is 11.3 Å². The number of carbonyl (C=O) groups is 1. The molecule has 2 heterocycles. The predicted octanol–water partition coefficient (Wildman–Crippen LogP) is 4.75. The number of benzene rings is 1. The minimum Gasteiger partial charge on any atom is -0.344 e. The van der Waals surface area contributed by atoms with Crippen LogP contribution < -0.4 is 5.32 Å². The Labute approximate surface area is 160 Å². The van der Waals surface area contributed by atoms with Gasteiger partial charge in [0.2, 0.25) is 0 Å². The van der Waals surface area contributed by atoms with Crippen LogP contribution >= 0.6 is 22.7 Å². The molecular weight excluding hydrogens is 369 g/mol. The predicted molar refractivity (Wildman–Crippen MR) is 104 cm³/mol. The summed E-state index contributed by atoms with van der Waals surface area (Å²) in [6, 6.07) is 6.25. The molecule has 0 aliphatic rings. The molecule has 2 aromatic heterocycles. The van der Waals surface area contributed by atoms with E-state index in [1.165, 1.54) is 23.5 Å². The highest BCUT2D eigenvalue weighted by atomic mass is 32.1. The number of thiazole rings is 2. The van der Waals surface area contributed by atoms with Crippen LogP contribution in [0.1, 0.15) is 54.5 Å². The van der Waals surface area contributed by atoms with Crippen molar-refractivity contribution in [3.63, 3.8) is 0 Å². The molecule has 7 heteroatoms. The molecule has 1 aromatic carbocycles. The summed E-state index contributed by atoms with van der Waals surface area (Å²) in [6.45, 7) is 7.73. The Kier molecular flexibility index (Phi) is 5.48. The number of carbonyl (C=O) groups excluding carboxylic acids is 1. The highest BCUT2D eigenvalue weighted by Crippen LogP contribution is 2.26. The average molecular weight is 390 g/mol. The summed E-state index contributed by atoms with van der Waals surface area (Å²) in [5, 5.41) is 4.88. The molecule has 3 rings (SSSR count). The fourth-order valence-electron chi connectivity index (χ4n) is 2.79. The third-order valence-electron chi connectivity index (χ3n) is 4.00. The normalized spacial score (nSPS) is 12.2. The van der Waals surface area contributed by atoms with Gasteiger partial charge in [-0.25, -0.2) is 14.4 Å². The van der Waals surface area contributed by atoms with E-state index >= 15 is 0 Å². The maximum absolute atomic E-state index is 13.0. The first-order valence-electron chi connectivity index (χ1n) is 8.29. The molecule has 3 aromatic rings. The first-order chi connectivity index (χ1) is 12.3. The lowest BCUT2D eigenvalue weighted by atomic mass is 10.1. The number of hydrogen-bond donors (Lipinski definition) is 1. The van der Waals surface area contributed by atoms with Crippen LogP contribution in [0.2, 0.25) is 0 Å². The number of halogens is 1. The van der Waals surface area contributed by atoms with E-state index in [0.717, 1.165) is 26.1 Å². The minimum atomic E-state index is -0.258. The first kappa shape index (κ1) is 18.7. The quantitative estimate of drug-likeness (QED) is 0.685. The maximum Gasteiger partial charge on any atom is 0.263 e. The van der Waals surface area contributed by atoms with Crippen LogP contribution in [0, 0.1) is 26.6 Å². The van der Waals surface area contributed by atoms with Gasteiger partial charge in [0.15, 0.2) is 0 Å². The third-order valence-corrected chi connectivity index (χ3v) is 6.41. The van der Waals surface area contributed by atoms with Gasteiger partial charge in [0.1, 0.15) is 10.7 Å². The van der Waals surface area contributed by atoms with Gasteiger partial charge in [-0.3, -0.25) is 4.79 Å². The van der Waals surface area contributed by atoms with Crippen molar-refractivity contribution < 1.29 is 9.18 Å². The second-order valence-corrected chi connectivity index (χ2v) is 8.52. The van der Waals surface area contributed by atoms with Crippen LogP contribution in [0.4, 0.5) is 4.39 Å². The Balaban J connectivity index is 1.72. The number of rotatable bonds is 5. The number of hydrogen-bond acceptors (Lipinski definition) is 5. The van der Waals surface area contributed by atoms with E-state index in [4.69, 9.17) is 0 Å². The molecule has 1 amide bonds. The highest BCUT2D eigenvalue weighted by molar-refractivity contribution is 7.13. The molecule has 1 atom stereocenters. The molecular formula is C19H20FN3OS2. The summed E-state index contributed by atoms with van der Waals surface area (Å²) in [4.78, 5) is 23.3. The summed E-state index contributed by atoms with van der Waals surface area (Å²) in [7, 11) is 0. The lowest BCUT2D eigenvalue weighted by molar-refractivity contribution is 0.0943. The molecule has 0 bridgehead atoms. The number of aryl methyl sites for hydroxylation is 3. The zero-order chi connectivity index (χ0) is 18.8. The van der Waals surface area contributed by atoms with Crippen molar-refractivity contribution >= 4 is 28.6 Å². The molecule has 1 N–H and O–H groups in total. The van der Waals surface area contributed by atoms with Crippen molar-refractivity contribution in [2.24, 2.45) is 0 Å². The zero-order valence-electron chi connectivity index (χ0n) is 15.1. The molecule has 1 unspecified atom stereocenters. The third kappa shape index (κ3) is 4.16. The largest absolute Gasteiger partial charge is 0.344 e. The van der Waals surface area contributed by atoms with Crippen molar-refractivity contribution in [3.05, 3.63) is 66.8 Å². The summed E-state index contributed by atoms with van der Waals surface area (Å²) in [5.74, 6) is -0.380. The number of aromatic nitrogens is 2. The molecule has 26 heavy (non-hydrogen) atoms. The topological polar surface area (TPSA) is 54.9 Å². The molecule has 136 valence electrons. The van der Waals surface area contributed by atoms with Crippen LogP contribution in [-0.2, 0) is 6.42 Å². The standard InChI is InChI=1S/C19H20FN3OS2/c1-10-17(25-13(4)21-10)11(2)23-19(24)18-12(3)22-16(26-18)9-14-5-7-15(20)8-6-14/h5-8,11H,9H2,1-4H3,(H,23,24). The molecule has 0 saturated carbocycles. The first-order valence-corrected chi connectivity index (χ1v) is 9.92. The van der Waals surface area contributed by atoms with E-state index in [1.807, 2.05) is 27.7 Å². The van der Waals surface area contributed by atoms with E-state index in [9.17, 15) is 9.18 Å². The summed E-state index contributed by atoms with van der Waals surface area (Å²) in [6.07, 6.45) is 0.585. The van der Waals surface area contributed by atoms with Crippen LogP contribution in [-0.4, -0.2) is 15.9 Å². The highest BCUT2D eigenvalue weighted by Gasteiger charge is 2.20. The Morgan fingerprint density at radius 1 is 1.12 bits per heavy atom. The van der Waals surface area contributed by atoms with Crippen LogP contribution in [0.3, 0.4) is 0 Å². The van der Waals surface area contributed by atoms with Gasteiger partial charge in [0.05, 0.1) is 27.4 Å². The SMILES string of the molecule is Cc1nc(C)c(C(C)NC(=O)c2sc(Cc3ccc(F)cc3)nc2C)s1. The lowest BCUT2D eigenvalue weighted by Gasteiger charge is -2.12. The van der Waals surface area contributed by atoms with E-state index in [0.29, 0.717) is 17.0 Å². The lowest BCUT2D eigenvalue weighted by Crippen LogP contribution is -2.26. The molecule has 0 saturated heterocycles.